The topological polar surface area (TPSA) is 91.8 Å². The summed E-state index contributed by atoms with van der Waals surface area (Å²) in [5.74, 6) is -1.64. The molecule has 16 heavy (non-hydrogen) atoms. The van der Waals surface area contributed by atoms with Crippen LogP contribution in [-0.2, 0) is 19.4 Å². The second-order valence-corrected chi connectivity index (χ2v) is 6.73. The first kappa shape index (κ1) is 11.4. The van der Waals surface area contributed by atoms with E-state index in [0.717, 1.165) is 0 Å². The van der Waals surface area contributed by atoms with Crippen molar-refractivity contribution < 1.29 is 23.1 Å². The molecule has 2 saturated heterocycles. The van der Waals surface area contributed by atoms with Gasteiger partial charge in [-0.1, -0.05) is 0 Å². The monoisotopic (exact) mass is 247 g/mol. The summed E-state index contributed by atoms with van der Waals surface area (Å²) in [6.07, 6.45) is 0.131. The van der Waals surface area contributed by atoms with Gasteiger partial charge in [0, 0.05) is 20.0 Å². The molecule has 0 aromatic carbocycles. The molecule has 3 atom stereocenters. The van der Waals surface area contributed by atoms with Crippen LogP contribution >= 0.6 is 0 Å². The first-order chi connectivity index (χ1) is 7.34. The molecule has 6 nitrogen and oxygen atoms in total. The summed E-state index contributed by atoms with van der Waals surface area (Å²) in [7, 11) is -3.62. The molecule has 2 aliphatic rings. The van der Waals surface area contributed by atoms with E-state index in [1.54, 1.807) is 0 Å². The number of carbonyl (C=O) groups is 2. The van der Waals surface area contributed by atoms with Crippen molar-refractivity contribution in [3.05, 3.63) is 0 Å². The van der Waals surface area contributed by atoms with Crippen molar-refractivity contribution in [3.63, 3.8) is 0 Å². The highest BCUT2D eigenvalue weighted by atomic mass is 32.2. The van der Waals surface area contributed by atoms with Crippen LogP contribution in [0.3, 0.4) is 0 Å². The Hall–Kier alpha value is -1.11. The van der Waals surface area contributed by atoms with Crippen molar-refractivity contribution >= 4 is 21.7 Å². The van der Waals surface area contributed by atoms with Crippen molar-refractivity contribution in [3.8, 4) is 0 Å². The van der Waals surface area contributed by atoms with E-state index in [0.29, 0.717) is 6.54 Å². The smallest absolute Gasteiger partial charge is 0.321 e. The lowest BCUT2D eigenvalue weighted by Crippen LogP contribution is -2.35. The Bertz CT molecular complexity index is 443. The lowest BCUT2D eigenvalue weighted by atomic mass is 10.0. The normalized spacial score (nSPS) is 36.1. The third-order valence-corrected chi connectivity index (χ3v) is 6.00. The van der Waals surface area contributed by atoms with Crippen LogP contribution in [0.1, 0.15) is 13.3 Å². The summed E-state index contributed by atoms with van der Waals surface area (Å²) in [4.78, 5) is 23.4. The first-order valence-electron chi connectivity index (χ1n) is 5.05. The van der Waals surface area contributed by atoms with Crippen LogP contribution in [0.2, 0.25) is 0 Å². The highest BCUT2D eigenvalue weighted by Crippen LogP contribution is 2.38. The zero-order chi connectivity index (χ0) is 12.1. The Morgan fingerprint density at radius 1 is 1.31 bits per heavy atom. The predicted octanol–water partition coefficient (Wildman–Crippen LogP) is -0.895. The molecule has 0 aliphatic carbocycles. The molecule has 7 heteroatoms. The van der Waals surface area contributed by atoms with E-state index in [2.05, 4.69) is 0 Å². The van der Waals surface area contributed by atoms with Crippen molar-refractivity contribution in [2.45, 2.75) is 23.8 Å². The number of rotatable bonds is 1. The van der Waals surface area contributed by atoms with Crippen LogP contribution < -0.4 is 0 Å². The molecule has 0 aromatic rings. The van der Waals surface area contributed by atoms with Gasteiger partial charge in [0.05, 0.1) is 5.25 Å². The van der Waals surface area contributed by atoms with Crippen molar-refractivity contribution in [1.82, 2.24) is 4.90 Å². The number of fused-ring (bicyclic) bond motifs is 1. The summed E-state index contributed by atoms with van der Waals surface area (Å²) in [5, 5.41) is 6.86. The van der Waals surface area contributed by atoms with Crippen LogP contribution in [0.15, 0.2) is 0 Å². The largest absolute Gasteiger partial charge is 0.480 e. The zero-order valence-corrected chi connectivity index (χ0v) is 9.61. The van der Waals surface area contributed by atoms with Gasteiger partial charge in [-0.05, 0) is 12.3 Å². The van der Waals surface area contributed by atoms with Gasteiger partial charge in [-0.3, -0.25) is 9.59 Å². The Kier molecular flexibility index (Phi) is 2.45. The van der Waals surface area contributed by atoms with Gasteiger partial charge in [0.2, 0.25) is 5.91 Å². The van der Waals surface area contributed by atoms with Gasteiger partial charge < -0.3 is 10.0 Å². The first-order valence-corrected chi connectivity index (χ1v) is 6.66. The van der Waals surface area contributed by atoms with Crippen molar-refractivity contribution in [2.75, 3.05) is 13.1 Å². The average Bonchev–Trinajstić information content (AvgIpc) is 2.65. The minimum atomic E-state index is -3.62. The molecule has 1 unspecified atom stereocenters. The third kappa shape index (κ3) is 1.50. The molecule has 1 amide bonds. The lowest BCUT2D eigenvalue weighted by molar-refractivity contribution is -0.136. The quantitative estimate of drug-likeness (QED) is 0.648. The highest BCUT2D eigenvalue weighted by Gasteiger charge is 2.55. The number of carboxylic acid groups (broad SMARTS) is 1. The number of aliphatic carboxylic acids is 1. The van der Waals surface area contributed by atoms with Gasteiger partial charge in [-0.25, -0.2) is 8.42 Å². The number of amides is 1. The van der Waals surface area contributed by atoms with Crippen LogP contribution in [0, 0.1) is 5.92 Å². The van der Waals surface area contributed by atoms with E-state index in [-0.39, 0.29) is 24.8 Å². The summed E-state index contributed by atoms with van der Waals surface area (Å²) in [6.45, 7) is 1.90. The Balaban J connectivity index is 2.25. The molecule has 2 fully saturated rings. The van der Waals surface area contributed by atoms with Crippen LogP contribution in [0.5, 0.6) is 0 Å². The minimum Gasteiger partial charge on any atom is -0.480 e. The van der Waals surface area contributed by atoms with E-state index in [4.69, 9.17) is 5.11 Å². The predicted molar refractivity (Wildman–Crippen MR) is 54.5 cm³/mol. The van der Waals surface area contributed by atoms with E-state index >= 15 is 0 Å². The number of nitrogens with zero attached hydrogens (tertiary/aromatic N) is 1. The van der Waals surface area contributed by atoms with Gasteiger partial charge >= 0.3 is 5.97 Å². The fourth-order valence-electron chi connectivity index (χ4n) is 2.56. The molecule has 0 spiro atoms. The average molecular weight is 247 g/mol. The molecule has 90 valence electrons. The van der Waals surface area contributed by atoms with Crippen LogP contribution in [-0.4, -0.2) is 53.9 Å². The van der Waals surface area contributed by atoms with Gasteiger partial charge in [-0.2, -0.15) is 0 Å². The third-order valence-electron chi connectivity index (χ3n) is 3.44. The lowest BCUT2D eigenvalue weighted by Gasteiger charge is -2.15. The number of hydrogen-bond acceptors (Lipinski definition) is 4. The van der Waals surface area contributed by atoms with Crippen LogP contribution in [0.25, 0.3) is 0 Å². The number of sulfone groups is 1. The number of likely N-dealkylation sites (tertiary alicyclic amines) is 1. The second kappa shape index (κ2) is 3.44. The number of hydrogen-bond donors (Lipinski definition) is 1. The summed E-state index contributed by atoms with van der Waals surface area (Å²) < 4.78 is 23.7. The maximum atomic E-state index is 11.9. The molecule has 1 N–H and O–H groups in total. The standard InChI is InChI=1S/C9H13NO5S/c1-5(11)10-3-6-2-7(9(12)13)16(14,15)8(6)4-10/h6-8H,2-4H2,1H3,(H,12,13)/t6-,7?,8+/m0/s1. The summed E-state index contributed by atoms with van der Waals surface area (Å²) in [5.41, 5.74) is 0. The highest BCUT2D eigenvalue weighted by molar-refractivity contribution is 7.93. The number of carbonyl (C=O) groups excluding carboxylic acids is 1. The number of carboxylic acids is 1. The Labute approximate surface area is 93.1 Å². The van der Waals surface area contributed by atoms with E-state index < -0.39 is 26.3 Å². The van der Waals surface area contributed by atoms with Gasteiger partial charge in [0.15, 0.2) is 15.1 Å². The molecular weight excluding hydrogens is 234 g/mol. The molecule has 2 aliphatic heterocycles. The SMILES string of the molecule is CC(=O)N1C[C@@H]2CC(C(=O)O)S(=O)(=O)[C@@H]2C1. The molecule has 0 saturated carbocycles. The Morgan fingerprint density at radius 3 is 2.38 bits per heavy atom. The van der Waals surface area contributed by atoms with E-state index in [1.807, 2.05) is 0 Å². The molecule has 0 aromatic heterocycles. The van der Waals surface area contributed by atoms with Gasteiger partial charge in [0.1, 0.15) is 0 Å². The molecule has 2 rings (SSSR count). The van der Waals surface area contributed by atoms with Crippen molar-refractivity contribution in [2.24, 2.45) is 5.92 Å². The summed E-state index contributed by atoms with van der Waals surface area (Å²) in [6, 6.07) is 0. The fraction of sp³-hybridized carbons (Fsp3) is 0.778. The van der Waals surface area contributed by atoms with E-state index in [1.165, 1.54) is 11.8 Å². The second-order valence-electron chi connectivity index (χ2n) is 4.37. The molecule has 0 bridgehead atoms. The Morgan fingerprint density at radius 2 is 1.94 bits per heavy atom. The fourth-order valence-corrected chi connectivity index (χ4v) is 4.90. The van der Waals surface area contributed by atoms with Crippen molar-refractivity contribution in [1.29, 1.82) is 0 Å². The maximum absolute atomic E-state index is 11.9. The van der Waals surface area contributed by atoms with Gasteiger partial charge in [-0.15, -0.1) is 0 Å². The minimum absolute atomic E-state index is 0.131. The maximum Gasteiger partial charge on any atom is 0.321 e. The zero-order valence-electron chi connectivity index (χ0n) is 8.79. The van der Waals surface area contributed by atoms with Crippen LogP contribution in [0.4, 0.5) is 0 Å². The summed E-state index contributed by atoms with van der Waals surface area (Å²) >= 11 is 0. The molecule has 2 heterocycles. The molecule has 0 radical (unpaired) electrons. The van der Waals surface area contributed by atoms with Gasteiger partial charge in [0.25, 0.3) is 0 Å². The molecular formula is C9H13NO5S. The van der Waals surface area contributed by atoms with E-state index in [9.17, 15) is 18.0 Å².